The first-order chi connectivity index (χ1) is 10.6. The molecule has 0 aliphatic carbocycles. The third-order valence-electron chi connectivity index (χ3n) is 3.15. The topological polar surface area (TPSA) is 45.2 Å². The van der Waals surface area contributed by atoms with Gasteiger partial charge < -0.3 is 10.2 Å². The van der Waals surface area contributed by atoms with Crippen molar-refractivity contribution in [3.8, 4) is 11.1 Å². The van der Waals surface area contributed by atoms with Gasteiger partial charge in [0, 0.05) is 31.6 Å². The number of benzene rings is 1. The minimum Gasteiger partial charge on any atom is -0.348 e. The van der Waals surface area contributed by atoms with Crippen LogP contribution in [-0.2, 0) is 11.3 Å². The standard InChI is InChI=1S/C18H21N3O/c1-21(2)12-4-7-18(22)20-14-15-5-3-6-17(13-15)16-8-10-19-11-9-16/h3-11,13H,12,14H2,1-2H3,(H,20,22)/b7-4+. The van der Waals surface area contributed by atoms with Gasteiger partial charge in [-0.2, -0.15) is 0 Å². The number of nitrogens with one attached hydrogen (secondary N) is 1. The number of rotatable bonds is 6. The van der Waals surface area contributed by atoms with Crippen molar-refractivity contribution >= 4 is 5.91 Å². The van der Waals surface area contributed by atoms with Crippen LogP contribution in [0.5, 0.6) is 0 Å². The van der Waals surface area contributed by atoms with Gasteiger partial charge in [-0.1, -0.05) is 24.3 Å². The fourth-order valence-corrected chi connectivity index (χ4v) is 2.02. The Morgan fingerprint density at radius 2 is 1.95 bits per heavy atom. The van der Waals surface area contributed by atoms with Crippen molar-refractivity contribution in [2.75, 3.05) is 20.6 Å². The van der Waals surface area contributed by atoms with Crippen molar-refractivity contribution in [1.82, 2.24) is 15.2 Å². The van der Waals surface area contributed by atoms with E-state index in [2.05, 4.69) is 22.4 Å². The van der Waals surface area contributed by atoms with Gasteiger partial charge in [0.15, 0.2) is 0 Å². The molecule has 0 fully saturated rings. The first-order valence-corrected chi connectivity index (χ1v) is 7.23. The van der Waals surface area contributed by atoms with Crippen molar-refractivity contribution in [2.45, 2.75) is 6.54 Å². The molecule has 0 atom stereocenters. The van der Waals surface area contributed by atoms with Crippen LogP contribution in [0, 0.1) is 0 Å². The van der Waals surface area contributed by atoms with Crippen LogP contribution in [0.15, 0.2) is 60.9 Å². The van der Waals surface area contributed by atoms with Crippen molar-refractivity contribution in [3.05, 3.63) is 66.5 Å². The highest BCUT2D eigenvalue weighted by Crippen LogP contribution is 2.19. The molecule has 1 aromatic carbocycles. The van der Waals surface area contributed by atoms with E-state index < -0.39 is 0 Å². The van der Waals surface area contributed by atoms with E-state index >= 15 is 0 Å². The molecule has 1 amide bonds. The summed E-state index contributed by atoms with van der Waals surface area (Å²) in [7, 11) is 3.93. The first kappa shape index (κ1) is 15.9. The lowest BCUT2D eigenvalue weighted by Gasteiger charge is -2.07. The molecule has 0 radical (unpaired) electrons. The number of carbonyl (C=O) groups excluding carboxylic acids is 1. The lowest BCUT2D eigenvalue weighted by molar-refractivity contribution is -0.116. The van der Waals surface area contributed by atoms with E-state index in [9.17, 15) is 4.79 Å². The van der Waals surface area contributed by atoms with Crippen LogP contribution < -0.4 is 5.32 Å². The third kappa shape index (κ3) is 5.14. The molecular formula is C18H21N3O. The van der Waals surface area contributed by atoms with E-state index in [1.165, 1.54) is 0 Å². The smallest absolute Gasteiger partial charge is 0.243 e. The van der Waals surface area contributed by atoms with Gasteiger partial charge in [0.1, 0.15) is 0 Å². The molecule has 0 saturated carbocycles. The monoisotopic (exact) mass is 295 g/mol. The van der Waals surface area contributed by atoms with E-state index in [4.69, 9.17) is 0 Å². The number of hydrogen-bond donors (Lipinski definition) is 1. The number of carbonyl (C=O) groups is 1. The molecule has 2 rings (SSSR count). The summed E-state index contributed by atoms with van der Waals surface area (Å²) in [5.41, 5.74) is 3.31. The lowest BCUT2D eigenvalue weighted by Crippen LogP contribution is -2.21. The molecule has 0 unspecified atom stereocenters. The predicted octanol–water partition coefficient (Wildman–Crippen LogP) is 2.48. The van der Waals surface area contributed by atoms with Crippen LogP contribution in [-0.4, -0.2) is 36.4 Å². The van der Waals surface area contributed by atoms with Gasteiger partial charge in [0.25, 0.3) is 0 Å². The van der Waals surface area contributed by atoms with Gasteiger partial charge in [-0.15, -0.1) is 0 Å². The molecule has 4 heteroatoms. The Hall–Kier alpha value is -2.46. The summed E-state index contributed by atoms with van der Waals surface area (Å²) in [5.74, 6) is -0.0730. The van der Waals surface area contributed by atoms with E-state index in [0.29, 0.717) is 6.54 Å². The normalized spacial score (nSPS) is 11.0. The average molecular weight is 295 g/mol. The lowest BCUT2D eigenvalue weighted by atomic mass is 10.0. The van der Waals surface area contributed by atoms with Gasteiger partial charge in [-0.05, 0) is 49.0 Å². The summed E-state index contributed by atoms with van der Waals surface area (Å²) in [6, 6.07) is 12.1. The zero-order valence-electron chi connectivity index (χ0n) is 13.0. The molecule has 1 N–H and O–H groups in total. The highest BCUT2D eigenvalue weighted by atomic mass is 16.1. The number of likely N-dealkylation sites (N-methyl/N-ethyl adjacent to an activating group) is 1. The van der Waals surface area contributed by atoms with Crippen molar-refractivity contribution < 1.29 is 4.79 Å². The van der Waals surface area contributed by atoms with Crippen LogP contribution in [0.2, 0.25) is 0 Å². The molecule has 0 aliphatic heterocycles. The molecule has 0 bridgehead atoms. The summed E-state index contributed by atoms with van der Waals surface area (Å²) in [6.07, 6.45) is 6.98. The second kappa shape index (κ2) is 8.10. The zero-order chi connectivity index (χ0) is 15.8. The van der Waals surface area contributed by atoms with Crippen LogP contribution >= 0.6 is 0 Å². The SMILES string of the molecule is CN(C)C/C=C/C(=O)NCc1cccc(-c2ccncc2)c1. The Kier molecular flexibility index (Phi) is 5.86. The maximum Gasteiger partial charge on any atom is 0.243 e. The number of nitrogens with zero attached hydrogens (tertiary/aromatic N) is 2. The minimum atomic E-state index is -0.0730. The third-order valence-corrected chi connectivity index (χ3v) is 3.15. The number of hydrogen-bond acceptors (Lipinski definition) is 3. The summed E-state index contributed by atoms with van der Waals surface area (Å²) < 4.78 is 0. The summed E-state index contributed by atoms with van der Waals surface area (Å²) in [4.78, 5) is 17.8. The van der Waals surface area contributed by atoms with Crippen molar-refractivity contribution in [2.24, 2.45) is 0 Å². The fourth-order valence-electron chi connectivity index (χ4n) is 2.02. The van der Waals surface area contributed by atoms with E-state index in [1.54, 1.807) is 18.5 Å². The van der Waals surface area contributed by atoms with E-state index in [-0.39, 0.29) is 5.91 Å². The molecule has 4 nitrogen and oxygen atoms in total. The van der Waals surface area contributed by atoms with Gasteiger partial charge in [0.2, 0.25) is 5.91 Å². The molecule has 0 aliphatic rings. The number of aromatic nitrogens is 1. The molecule has 0 saturated heterocycles. The Labute approximate surface area is 131 Å². The Balaban J connectivity index is 1.94. The average Bonchev–Trinajstić information content (AvgIpc) is 2.54. The van der Waals surface area contributed by atoms with Gasteiger partial charge in [-0.3, -0.25) is 9.78 Å². The second-order valence-corrected chi connectivity index (χ2v) is 5.32. The van der Waals surface area contributed by atoms with E-state index in [0.717, 1.165) is 23.2 Å². The van der Waals surface area contributed by atoms with Gasteiger partial charge in [-0.25, -0.2) is 0 Å². The maximum absolute atomic E-state index is 11.7. The largest absolute Gasteiger partial charge is 0.348 e. The van der Waals surface area contributed by atoms with Crippen LogP contribution in [0.4, 0.5) is 0 Å². The molecule has 22 heavy (non-hydrogen) atoms. The molecule has 2 aromatic rings. The highest BCUT2D eigenvalue weighted by Gasteiger charge is 2.00. The van der Waals surface area contributed by atoms with Crippen LogP contribution in [0.1, 0.15) is 5.56 Å². The molecule has 1 heterocycles. The second-order valence-electron chi connectivity index (χ2n) is 5.32. The summed E-state index contributed by atoms with van der Waals surface area (Å²) in [5, 5.41) is 2.89. The maximum atomic E-state index is 11.7. The van der Waals surface area contributed by atoms with Crippen LogP contribution in [0.25, 0.3) is 11.1 Å². The quantitative estimate of drug-likeness (QED) is 0.833. The Morgan fingerprint density at radius 3 is 2.68 bits per heavy atom. The fraction of sp³-hybridized carbons (Fsp3) is 0.222. The zero-order valence-corrected chi connectivity index (χ0v) is 13.0. The van der Waals surface area contributed by atoms with Crippen molar-refractivity contribution in [1.29, 1.82) is 0 Å². The molecule has 0 spiro atoms. The molecular weight excluding hydrogens is 274 g/mol. The summed E-state index contributed by atoms with van der Waals surface area (Å²) >= 11 is 0. The Morgan fingerprint density at radius 1 is 1.18 bits per heavy atom. The van der Waals surface area contributed by atoms with E-state index in [1.807, 2.05) is 49.3 Å². The predicted molar refractivity (Wildman–Crippen MR) is 89.2 cm³/mol. The van der Waals surface area contributed by atoms with Gasteiger partial charge >= 0.3 is 0 Å². The first-order valence-electron chi connectivity index (χ1n) is 7.23. The summed E-state index contributed by atoms with van der Waals surface area (Å²) in [6.45, 7) is 1.27. The molecule has 1 aromatic heterocycles. The molecule has 114 valence electrons. The highest BCUT2D eigenvalue weighted by molar-refractivity contribution is 5.87. The number of pyridine rings is 1. The number of amides is 1. The van der Waals surface area contributed by atoms with Crippen molar-refractivity contribution in [3.63, 3.8) is 0 Å². The van der Waals surface area contributed by atoms with Crippen LogP contribution in [0.3, 0.4) is 0 Å². The Bertz CT molecular complexity index is 636. The van der Waals surface area contributed by atoms with Gasteiger partial charge in [0.05, 0.1) is 0 Å². The minimum absolute atomic E-state index is 0.0730.